The number of rotatable bonds is 5. The van der Waals surface area contributed by atoms with Crippen molar-refractivity contribution < 1.29 is 9.72 Å². The third kappa shape index (κ3) is 4.93. The molecule has 0 unspecified atom stereocenters. The van der Waals surface area contributed by atoms with Crippen LogP contribution >= 0.6 is 15.9 Å². The number of fused-ring (bicyclic) bond motifs is 1. The molecule has 1 heterocycles. The number of aromatic nitrogens is 2. The SMILES string of the molecule is O=C(Nc1ccc([N+](=O)[O-])cc1)Nc1ccc2ncnc(Nc3cccc(Br)c3)c2c1. The van der Waals surface area contributed by atoms with Crippen LogP contribution in [0.15, 0.2) is 77.5 Å². The molecule has 31 heavy (non-hydrogen) atoms. The first-order valence-electron chi connectivity index (χ1n) is 9.08. The minimum Gasteiger partial charge on any atom is -0.340 e. The lowest BCUT2D eigenvalue weighted by molar-refractivity contribution is -0.384. The number of benzene rings is 3. The zero-order valence-corrected chi connectivity index (χ0v) is 17.5. The molecule has 0 fully saturated rings. The van der Waals surface area contributed by atoms with Crippen LogP contribution in [-0.4, -0.2) is 20.9 Å². The van der Waals surface area contributed by atoms with Crippen LogP contribution in [-0.2, 0) is 0 Å². The molecule has 0 aliphatic heterocycles. The predicted octanol–water partition coefficient (Wildman–Crippen LogP) is 5.69. The third-order valence-corrected chi connectivity index (χ3v) is 4.81. The van der Waals surface area contributed by atoms with Crippen LogP contribution in [0.4, 0.5) is 33.4 Å². The van der Waals surface area contributed by atoms with Crippen LogP contribution in [0.1, 0.15) is 0 Å². The number of hydrogen-bond acceptors (Lipinski definition) is 6. The average Bonchev–Trinajstić information content (AvgIpc) is 2.74. The molecular formula is C21H15BrN6O3. The highest BCUT2D eigenvalue weighted by atomic mass is 79.9. The van der Waals surface area contributed by atoms with Crippen molar-refractivity contribution in [2.45, 2.75) is 0 Å². The summed E-state index contributed by atoms with van der Waals surface area (Å²) in [4.78, 5) is 31.2. The van der Waals surface area contributed by atoms with Gasteiger partial charge < -0.3 is 16.0 Å². The third-order valence-electron chi connectivity index (χ3n) is 4.32. The molecule has 1 aromatic heterocycles. The van der Waals surface area contributed by atoms with Gasteiger partial charge in [0.25, 0.3) is 5.69 Å². The number of urea groups is 1. The van der Waals surface area contributed by atoms with Crippen molar-refractivity contribution in [3.63, 3.8) is 0 Å². The number of amides is 2. The van der Waals surface area contributed by atoms with Crippen LogP contribution in [0.2, 0.25) is 0 Å². The Labute approximate surface area is 184 Å². The minimum absolute atomic E-state index is 0.0500. The van der Waals surface area contributed by atoms with Gasteiger partial charge in [0.15, 0.2) is 0 Å². The van der Waals surface area contributed by atoms with Gasteiger partial charge in [0.2, 0.25) is 0 Å². The molecule has 0 spiro atoms. The van der Waals surface area contributed by atoms with Gasteiger partial charge in [-0.3, -0.25) is 10.1 Å². The first-order chi connectivity index (χ1) is 15.0. The molecule has 3 N–H and O–H groups in total. The maximum absolute atomic E-state index is 12.3. The first-order valence-corrected chi connectivity index (χ1v) is 9.87. The zero-order chi connectivity index (χ0) is 21.8. The van der Waals surface area contributed by atoms with Crippen LogP contribution in [0, 0.1) is 10.1 Å². The normalized spacial score (nSPS) is 10.5. The van der Waals surface area contributed by atoms with Gasteiger partial charge in [-0.05, 0) is 48.5 Å². The molecule has 0 aliphatic carbocycles. The van der Waals surface area contributed by atoms with Crippen molar-refractivity contribution >= 4 is 61.4 Å². The second-order valence-corrected chi connectivity index (χ2v) is 7.39. The quantitative estimate of drug-likeness (QED) is 0.250. The smallest absolute Gasteiger partial charge is 0.323 e. The van der Waals surface area contributed by atoms with Crippen LogP contribution in [0.25, 0.3) is 10.9 Å². The van der Waals surface area contributed by atoms with E-state index in [1.165, 1.54) is 30.6 Å². The second kappa shape index (κ2) is 8.76. The molecule has 0 aliphatic rings. The monoisotopic (exact) mass is 478 g/mol. The number of nitrogens with one attached hydrogen (secondary N) is 3. The summed E-state index contributed by atoms with van der Waals surface area (Å²) in [6, 6.07) is 18.0. The maximum atomic E-state index is 12.3. The first kappa shape index (κ1) is 20.2. The summed E-state index contributed by atoms with van der Waals surface area (Å²) in [5.74, 6) is 0.600. The molecule has 9 nitrogen and oxygen atoms in total. The van der Waals surface area contributed by atoms with Gasteiger partial charge in [-0.1, -0.05) is 22.0 Å². The summed E-state index contributed by atoms with van der Waals surface area (Å²) in [6.45, 7) is 0. The summed E-state index contributed by atoms with van der Waals surface area (Å²) in [5.41, 5.74) is 2.49. The number of carbonyl (C=O) groups is 1. The highest BCUT2D eigenvalue weighted by Crippen LogP contribution is 2.27. The van der Waals surface area contributed by atoms with Gasteiger partial charge in [-0.15, -0.1) is 0 Å². The Balaban J connectivity index is 1.52. The topological polar surface area (TPSA) is 122 Å². The summed E-state index contributed by atoms with van der Waals surface area (Å²) >= 11 is 3.44. The summed E-state index contributed by atoms with van der Waals surface area (Å²) in [5, 5.41) is 20.1. The number of carbonyl (C=O) groups excluding carboxylic acids is 1. The number of nitro groups is 1. The van der Waals surface area contributed by atoms with Gasteiger partial charge in [0.05, 0.1) is 10.4 Å². The van der Waals surface area contributed by atoms with Crippen molar-refractivity contribution in [3.8, 4) is 0 Å². The predicted molar refractivity (Wildman–Crippen MR) is 123 cm³/mol. The molecular weight excluding hydrogens is 464 g/mol. The molecule has 0 saturated heterocycles. The Hall–Kier alpha value is -4.05. The molecule has 3 aromatic carbocycles. The summed E-state index contributed by atoms with van der Waals surface area (Å²) in [7, 11) is 0. The fraction of sp³-hybridized carbons (Fsp3) is 0. The van der Waals surface area contributed by atoms with E-state index >= 15 is 0 Å². The number of hydrogen-bond donors (Lipinski definition) is 3. The highest BCUT2D eigenvalue weighted by molar-refractivity contribution is 9.10. The van der Waals surface area contributed by atoms with Crippen molar-refractivity contribution in [2.75, 3.05) is 16.0 Å². The van der Waals surface area contributed by atoms with Gasteiger partial charge in [-0.2, -0.15) is 0 Å². The molecule has 154 valence electrons. The van der Waals surface area contributed by atoms with Gasteiger partial charge in [0.1, 0.15) is 12.1 Å². The van der Waals surface area contributed by atoms with Crippen molar-refractivity contribution in [3.05, 3.63) is 87.6 Å². The standard InChI is InChI=1S/C21H15BrN6O3/c22-13-2-1-3-15(10-13)25-20-18-11-16(6-9-19(18)23-12-24-20)27-21(29)26-14-4-7-17(8-5-14)28(30)31/h1-12H,(H,23,24,25)(H2,26,27,29). The van der Waals surface area contributed by atoms with E-state index in [9.17, 15) is 14.9 Å². The van der Waals surface area contributed by atoms with E-state index in [0.717, 1.165) is 15.5 Å². The lowest BCUT2D eigenvalue weighted by Crippen LogP contribution is -2.19. The number of nitrogens with zero attached hydrogens (tertiary/aromatic N) is 3. The van der Waals surface area contributed by atoms with Crippen molar-refractivity contribution in [2.24, 2.45) is 0 Å². The number of anilines is 4. The van der Waals surface area contributed by atoms with Crippen LogP contribution in [0.3, 0.4) is 0 Å². The lowest BCUT2D eigenvalue weighted by Gasteiger charge is -2.11. The molecule has 10 heteroatoms. The van der Waals surface area contributed by atoms with E-state index in [4.69, 9.17) is 0 Å². The zero-order valence-electron chi connectivity index (χ0n) is 15.9. The fourth-order valence-electron chi connectivity index (χ4n) is 2.90. The van der Waals surface area contributed by atoms with E-state index in [-0.39, 0.29) is 5.69 Å². The maximum Gasteiger partial charge on any atom is 0.323 e. The molecule has 0 bridgehead atoms. The van der Waals surface area contributed by atoms with Crippen molar-refractivity contribution in [1.82, 2.24) is 9.97 Å². The van der Waals surface area contributed by atoms with Gasteiger partial charge in [-0.25, -0.2) is 14.8 Å². The Morgan fingerprint density at radius 3 is 2.39 bits per heavy atom. The van der Waals surface area contributed by atoms with E-state index in [1.54, 1.807) is 18.2 Å². The van der Waals surface area contributed by atoms with Crippen molar-refractivity contribution in [1.29, 1.82) is 0 Å². The number of nitro benzene ring substituents is 1. The highest BCUT2D eigenvalue weighted by Gasteiger charge is 2.09. The van der Waals surface area contributed by atoms with Crippen LogP contribution in [0.5, 0.6) is 0 Å². The van der Waals surface area contributed by atoms with Gasteiger partial charge >= 0.3 is 6.03 Å². The van der Waals surface area contributed by atoms with E-state index in [1.807, 2.05) is 24.3 Å². The Morgan fingerprint density at radius 1 is 0.903 bits per heavy atom. The molecule has 2 amide bonds. The number of non-ortho nitro benzene ring substituents is 1. The molecule has 4 aromatic rings. The summed E-state index contributed by atoms with van der Waals surface area (Å²) in [6.07, 6.45) is 1.47. The molecule has 0 atom stereocenters. The molecule has 0 saturated carbocycles. The second-order valence-electron chi connectivity index (χ2n) is 6.47. The largest absolute Gasteiger partial charge is 0.340 e. The van der Waals surface area contributed by atoms with Gasteiger partial charge in [0, 0.05) is 39.1 Å². The van der Waals surface area contributed by atoms with E-state index in [0.29, 0.717) is 22.7 Å². The van der Waals surface area contributed by atoms with E-state index in [2.05, 4.69) is 41.8 Å². The Bertz CT molecular complexity index is 1280. The lowest BCUT2D eigenvalue weighted by atomic mass is 10.2. The average molecular weight is 479 g/mol. The number of halogens is 1. The Morgan fingerprint density at radius 2 is 1.65 bits per heavy atom. The van der Waals surface area contributed by atoms with E-state index < -0.39 is 11.0 Å². The van der Waals surface area contributed by atoms with Crippen LogP contribution < -0.4 is 16.0 Å². The Kier molecular flexibility index (Phi) is 5.72. The fourth-order valence-corrected chi connectivity index (χ4v) is 3.30. The molecule has 0 radical (unpaired) electrons. The molecule has 4 rings (SSSR count). The summed E-state index contributed by atoms with van der Waals surface area (Å²) < 4.78 is 0.932. The minimum atomic E-state index is -0.499.